The van der Waals surface area contributed by atoms with Crippen molar-refractivity contribution in [2.24, 2.45) is 0 Å². The largest absolute Gasteiger partial charge is 0.416 e. The van der Waals surface area contributed by atoms with E-state index >= 15 is 0 Å². The number of rotatable bonds is 4. The lowest BCUT2D eigenvalue weighted by molar-refractivity contribution is -0.137. The summed E-state index contributed by atoms with van der Waals surface area (Å²) in [5, 5.41) is 2.40. The summed E-state index contributed by atoms with van der Waals surface area (Å²) in [7, 11) is -1.28. The van der Waals surface area contributed by atoms with Crippen LogP contribution in [0.2, 0.25) is 0 Å². The molecular formula is C22H20F3Si. The molecule has 0 fully saturated rings. The zero-order valence-electron chi connectivity index (χ0n) is 14.7. The third-order valence-electron chi connectivity index (χ3n) is 4.68. The Balaban J connectivity index is 2.11. The van der Waals surface area contributed by atoms with Crippen LogP contribution in [0.5, 0.6) is 0 Å². The second-order valence-electron chi connectivity index (χ2n) is 6.44. The summed E-state index contributed by atoms with van der Waals surface area (Å²) in [6.07, 6.45) is -4.32. The number of hydrogen-bond donors (Lipinski definition) is 0. The number of hydrogen-bond acceptors (Lipinski definition) is 0. The van der Waals surface area contributed by atoms with Gasteiger partial charge in [0.15, 0.2) is 0 Å². The SMILES string of the molecule is Cc1ccc(C(F)(F)F)cc1[C@@H](C)[Si](c1ccccc1)c1ccccc1. The molecule has 0 saturated carbocycles. The minimum atomic E-state index is -4.32. The van der Waals surface area contributed by atoms with Crippen LogP contribution in [0.3, 0.4) is 0 Å². The molecule has 0 bridgehead atoms. The lowest BCUT2D eigenvalue weighted by Crippen LogP contribution is -2.46. The first-order chi connectivity index (χ1) is 12.4. The van der Waals surface area contributed by atoms with Crippen molar-refractivity contribution in [1.29, 1.82) is 0 Å². The third-order valence-corrected chi connectivity index (χ3v) is 7.76. The summed E-state index contributed by atoms with van der Waals surface area (Å²) in [5.41, 5.74) is 1.11. The fraction of sp³-hybridized carbons (Fsp3) is 0.182. The third kappa shape index (κ3) is 3.91. The fourth-order valence-corrected chi connectivity index (χ4v) is 6.40. The van der Waals surface area contributed by atoms with Gasteiger partial charge in [-0.1, -0.05) is 84.0 Å². The van der Waals surface area contributed by atoms with E-state index in [1.165, 1.54) is 22.5 Å². The molecule has 0 aliphatic carbocycles. The van der Waals surface area contributed by atoms with E-state index in [2.05, 4.69) is 31.2 Å². The first kappa shape index (κ1) is 18.5. The molecular weight excluding hydrogens is 349 g/mol. The molecule has 26 heavy (non-hydrogen) atoms. The molecule has 133 valence electrons. The molecule has 0 unspecified atom stereocenters. The second-order valence-corrected chi connectivity index (χ2v) is 9.28. The molecule has 3 rings (SSSR count). The van der Waals surface area contributed by atoms with Gasteiger partial charge in [-0.15, -0.1) is 0 Å². The molecule has 3 aromatic carbocycles. The molecule has 3 aromatic rings. The first-order valence-corrected chi connectivity index (χ1v) is 10.1. The molecule has 0 aliphatic rings. The van der Waals surface area contributed by atoms with Crippen LogP contribution in [0.4, 0.5) is 13.2 Å². The van der Waals surface area contributed by atoms with Gasteiger partial charge in [0.05, 0.1) is 5.56 Å². The number of alkyl halides is 3. The van der Waals surface area contributed by atoms with Gasteiger partial charge in [0.1, 0.15) is 8.80 Å². The van der Waals surface area contributed by atoms with Crippen molar-refractivity contribution in [3.05, 3.63) is 95.6 Å². The average Bonchev–Trinajstić information content (AvgIpc) is 2.63. The van der Waals surface area contributed by atoms with E-state index in [-0.39, 0.29) is 5.54 Å². The highest BCUT2D eigenvalue weighted by atomic mass is 28.3. The summed E-state index contributed by atoms with van der Waals surface area (Å²) < 4.78 is 39.7. The van der Waals surface area contributed by atoms with Crippen LogP contribution < -0.4 is 10.4 Å². The molecule has 4 heteroatoms. The van der Waals surface area contributed by atoms with E-state index in [1.807, 2.05) is 43.3 Å². The van der Waals surface area contributed by atoms with E-state index in [4.69, 9.17) is 0 Å². The van der Waals surface area contributed by atoms with Crippen LogP contribution in [0.15, 0.2) is 78.9 Å². The molecule has 0 amide bonds. The Labute approximate surface area is 153 Å². The van der Waals surface area contributed by atoms with Crippen LogP contribution in [0.25, 0.3) is 0 Å². The number of benzene rings is 3. The molecule has 0 N–H and O–H groups in total. The normalized spacial score (nSPS) is 13.0. The van der Waals surface area contributed by atoms with Crippen molar-refractivity contribution >= 4 is 19.2 Å². The van der Waals surface area contributed by atoms with Crippen molar-refractivity contribution in [2.75, 3.05) is 0 Å². The molecule has 0 nitrogen and oxygen atoms in total. The van der Waals surface area contributed by atoms with Crippen molar-refractivity contribution in [2.45, 2.75) is 25.6 Å². The van der Waals surface area contributed by atoms with Gasteiger partial charge in [0, 0.05) is 0 Å². The Hall–Kier alpha value is -2.33. The predicted molar refractivity (Wildman–Crippen MR) is 103 cm³/mol. The van der Waals surface area contributed by atoms with E-state index in [0.29, 0.717) is 0 Å². The Kier molecular flexibility index (Phi) is 5.32. The van der Waals surface area contributed by atoms with Crippen molar-refractivity contribution in [3.8, 4) is 0 Å². The Morgan fingerprint density at radius 3 is 1.73 bits per heavy atom. The zero-order valence-corrected chi connectivity index (χ0v) is 15.7. The standard InChI is InChI=1S/C22H20F3Si/c1-16-13-14-18(22(23,24)25)15-21(16)17(2)26(19-9-5-3-6-10-19)20-11-7-4-8-12-20/h3-15,17H,1-2H3/t17-/m1/s1. The Morgan fingerprint density at radius 2 is 1.27 bits per heavy atom. The van der Waals surface area contributed by atoms with Crippen LogP contribution in [0, 0.1) is 6.92 Å². The quantitative estimate of drug-likeness (QED) is 0.570. The van der Waals surface area contributed by atoms with E-state index in [0.717, 1.165) is 11.1 Å². The van der Waals surface area contributed by atoms with Gasteiger partial charge in [0.2, 0.25) is 0 Å². The van der Waals surface area contributed by atoms with Crippen LogP contribution in [-0.4, -0.2) is 8.80 Å². The maximum atomic E-state index is 13.2. The maximum Gasteiger partial charge on any atom is 0.416 e. The molecule has 0 heterocycles. The summed E-state index contributed by atoms with van der Waals surface area (Å²) >= 11 is 0. The Morgan fingerprint density at radius 1 is 0.769 bits per heavy atom. The van der Waals surface area contributed by atoms with Crippen molar-refractivity contribution in [1.82, 2.24) is 0 Å². The highest BCUT2D eigenvalue weighted by Crippen LogP contribution is 2.33. The average molecular weight is 369 g/mol. The van der Waals surface area contributed by atoms with Crippen LogP contribution >= 0.6 is 0 Å². The fourth-order valence-electron chi connectivity index (χ4n) is 3.34. The summed E-state index contributed by atoms with van der Waals surface area (Å²) in [6.45, 7) is 3.94. The smallest absolute Gasteiger partial charge is 0.166 e. The summed E-state index contributed by atoms with van der Waals surface area (Å²) in [6, 6.07) is 24.3. The topological polar surface area (TPSA) is 0 Å². The molecule has 0 aromatic heterocycles. The van der Waals surface area contributed by atoms with Gasteiger partial charge in [-0.05, 0) is 35.7 Å². The van der Waals surface area contributed by atoms with Crippen molar-refractivity contribution in [3.63, 3.8) is 0 Å². The van der Waals surface area contributed by atoms with E-state index in [1.54, 1.807) is 6.07 Å². The molecule has 1 atom stereocenters. The molecule has 1 radical (unpaired) electrons. The number of aryl methyl sites for hydroxylation is 1. The monoisotopic (exact) mass is 369 g/mol. The van der Waals surface area contributed by atoms with Gasteiger partial charge < -0.3 is 0 Å². The minimum Gasteiger partial charge on any atom is -0.166 e. The molecule has 0 spiro atoms. The Bertz CT molecular complexity index is 818. The van der Waals surface area contributed by atoms with Gasteiger partial charge in [-0.2, -0.15) is 13.2 Å². The first-order valence-electron chi connectivity index (χ1n) is 8.53. The van der Waals surface area contributed by atoms with Gasteiger partial charge in [0.25, 0.3) is 0 Å². The number of halogens is 3. The highest BCUT2D eigenvalue weighted by Gasteiger charge is 2.33. The molecule has 0 aliphatic heterocycles. The van der Waals surface area contributed by atoms with E-state index < -0.39 is 20.5 Å². The van der Waals surface area contributed by atoms with Crippen LogP contribution in [0.1, 0.15) is 29.2 Å². The zero-order chi connectivity index (χ0) is 18.7. The summed E-state index contributed by atoms with van der Waals surface area (Å²) in [4.78, 5) is 0. The minimum absolute atomic E-state index is 0.00657. The lowest BCUT2D eigenvalue weighted by Gasteiger charge is -2.25. The van der Waals surface area contributed by atoms with Crippen LogP contribution in [-0.2, 0) is 6.18 Å². The van der Waals surface area contributed by atoms with Gasteiger partial charge >= 0.3 is 6.18 Å². The van der Waals surface area contributed by atoms with E-state index in [9.17, 15) is 13.2 Å². The predicted octanol–water partition coefficient (Wildman–Crippen LogP) is 4.97. The highest BCUT2D eigenvalue weighted by molar-refractivity contribution is 6.86. The lowest BCUT2D eigenvalue weighted by atomic mass is 10.0. The molecule has 0 saturated heterocycles. The summed E-state index contributed by atoms with van der Waals surface area (Å²) in [5.74, 6) is 0. The van der Waals surface area contributed by atoms with Crippen molar-refractivity contribution < 1.29 is 13.2 Å². The van der Waals surface area contributed by atoms with Gasteiger partial charge in [-0.25, -0.2) is 0 Å². The second kappa shape index (κ2) is 7.50. The van der Waals surface area contributed by atoms with Gasteiger partial charge in [-0.3, -0.25) is 0 Å². The maximum absolute atomic E-state index is 13.2.